The highest BCUT2D eigenvalue weighted by Gasteiger charge is 2.43. The maximum absolute atomic E-state index is 13.7. The lowest BCUT2D eigenvalue weighted by Gasteiger charge is -2.31. The van der Waals surface area contributed by atoms with E-state index in [1.165, 1.54) is 4.90 Å². The molecule has 204 valence electrons. The third-order valence-corrected chi connectivity index (χ3v) is 7.48. The van der Waals surface area contributed by atoms with Gasteiger partial charge in [0.25, 0.3) is 0 Å². The van der Waals surface area contributed by atoms with Crippen LogP contribution in [0.3, 0.4) is 0 Å². The van der Waals surface area contributed by atoms with Gasteiger partial charge in [-0.15, -0.1) is 0 Å². The zero-order valence-electron chi connectivity index (χ0n) is 22.6. The molecule has 3 amide bonds. The lowest BCUT2D eigenvalue weighted by atomic mass is 9.98. The number of hydrogen-bond acceptors (Lipinski definition) is 7. The third kappa shape index (κ3) is 4.66. The van der Waals surface area contributed by atoms with Gasteiger partial charge in [-0.3, -0.25) is 19.2 Å². The summed E-state index contributed by atoms with van der Waals surface area (Å²) in [6, 6.07) is 10.5. The van der Waals surface area contributed by atoms with Crippen molar-refractivity contribution in [3.63, 3.8) is 0 Å². The zero-order valence-corrected chi connectivity index (χ0v) is 22.6. The number of nitrogens with zero attached hydrogens (tertiary/aromatic N) is 5. The summed E-state index contributed by atoms with van der Waals surface area (Å²) in [5, 5.41) is 12.3. The SMILES string of the molecule is CN1CCC2NC(=O)Cn3nc4cccc(c4c32)-c2cccc(n2)N[C@H]2C[C@@H](C1=O)N(C(=O)OC(C)(C)C)C2. The molecule has 1 unspecified atom stereocenters. The molecule has 0 saturated carbocycles. The molecular formula is C28H33N7O4. The smallest absolute Gasteiger partial charge is 0.411 e. The average Bonchev–Trinajstić information content (AvgIpc) is 3.46. The summed E-state index contributed by atoms with van der Waals surface area (Å²) >= 11 is 0. The number of hydrogen-bond donors (Lipinski definition) is 2. The molecule has 1 saturated heterocycles. The van der Waals surface area contributed by atoms with E-state index in [4.69, 9.17) is 14.8 Å². The van der Waals surface area contributed by atoms with E-state index in [9.17, 15) is 14.4 Å². The van der Waals surface area contributed by atoms with Crippen molar-refractivity contribution in [2.45, 2.75) is 63.9 Å². The van der Waals surface area contributed by atoms with E-state index in [2.05, 4.69) is 10.6 Å². The number of benzene rings is 1. The Morgan fingerprint density at radius 3 is 2.69 bits per heavy atom. The molecule has 11 heteroatoms. The largest absolute Gasteiger partial charge is 0.444 e. The number of likely N-dealkylation sites (N-methyl/N-ethyl adjacent to an activating group) is 1. The van der Waals surface area contributed by atoms with Gasteiger partial charge in [0.1, 0.15) is 24.0 Å². The second-order valence-electron chi connectivity index (χ2n) is 11.5. The highest BCUT2D eigenvalue weighted by Crippen LogP contribution is 2.36. The second kappa shape index (κ2) is 9.25. The number of carbonyl (C=O) groups is 3. The number of rotatable bonds is 0. The van der Waals surface area contributed by atoms with Gasteiger partial charge in [0, 0.05) is 37.1 Å². The van der Waals surface area contributed by atoms with Crippen LogP contribution < -0.4 is 10.6 Å². The number of aromatic nitrogens is 3. The molecule has 4 bridgehead atoms. The van der Waals surface area contributed by atoms with Crippen molar-refractivity contribution in [1.29, 1.82) is 0 Å². The highest BCUT2D eigenvalue weighted by atomic mass is 16.6. The van der Waals surface area contributed by atoms with E-state index in [1.807, 2.05) is 57.2 Å². The highest BCUT2D eigenvalue weighted by molar-refractivity contribution is 5.97. The Morgan fingerprint density at radius 1 is 1.10 bits per heavy atom. The van der Waals surface area contributed by atoms with Crippen LogP contribution in [0.25, 0.3) is 22.2 Å². The van der Waals surface area contributed by atoms with E-state index in [1.54, 1.807) is 16.6 Å². The Labute approximate surface area is 226 Å². The molecule has 39 heavy (non-hydrogen) atoms. The van der Waals surface area contributed by atoms with Crippen molar-refractivity contribution < 1.29 is 19.1 Å². The molecule has 1 aromatic carbocycles. The minimum atomic E-state index is -0.685. The number of amides is 3. The zero-order chi connectivity index (χ0) is 27.5. The Kier molecular flexibility index (Phi) is 5.96. The minimum Gasteiger partial charge on any atom is -0.444 e. The average molecular weight is 532 g/mol. The van der Waals surface area contributed by atoms with E-state index < -0.39 is 17.7 Å². The number of fused-ring (bicyclic) bond motifs is 5. The first-order chi connectivity index (χ1) is 18.6. The topological polar surface area (TPSA) is 122 Å². The standard InChI is InChI=1S/C28H33N7O4/c1-28(2,3)39-27(38)34-14-16-13-21(34)26(37)33(4)12-11-20-25-24-17(18-8-6-10-22(29-16)30-18)7-5-9-19(24)32-35(25)15-23(36)31-20/h5-10,16,20-21H,11-15H2,1-4H3,(H,29,30)(H,31,36)/t16-,20?,21-/m0/s1. The molecule has 3 atom stereocenters. The molecule has 2 N–H and O–H groups in total. The Morgan fingerprint density at radius 2 is 1.90 bits per heavy atom. The van der Waals surface area contributed by atoms with Gasteiger partial charge >= 0.3 is 6.09 Å². The number of likely N-dealkylation sites (tertiary alicyclic amines) is 1. The summed E-state index contributed by atoms with van der Waals surface area (Å²) in [5.74, 6) is 0.372. The maximum atomic E-state index is 13.7. The molecule has 0 radical (unpaired) electrons. The van der Waals surface area contributed by atoms with Crippen molar-refractivity contribution in [3.8, 4) is 11.3 Å². The second-order valence-corrected chi connectivity index (χ2v) is 11.5. The van der Waals surface area contributed by atoms with Crippen molar-refractivity contribution >= 4 is 34.6 Å². The molecular weight excluding hydrogens is 498 g/mol. The number of nitrogens with one attached hydrogen (secondary N) is 2. The molecule has 2 aromatic heterocycles. The molecule has 0 spiro atoms. The van der Waals surface area contributed by atoms with Gasteiger partial charge in [0.05, 0.1) is 22.9 Å². The van der Waals surface area contributed by atoms with Crippen LogP contribution in [0.2, 0.25) is 0 Å². The van der Waals surface area contributed by atoms with Gasteiger partial charge in [-0.25, -0.2) is 9.78 Å². The van der Waals surface area contributed by atoms with Crippen LogP contribution in [0.1, 0.15) is 45.3 Å². The summed E-state index contributed by atoms with van der Waals surface area (Å²) in [4.78, 5) is 47.5. The normalized spacial score (nSPS) is 23.1. The summed E-state index contributed by atoms with van der Waals surface area (Å²) in [7, 11) is 1.74. The number of anilines is 1. The van der Waals surface area contributed by atoms with Crippen LogP contribution in [-0.4, -0.2) is 80.3 Å². The molecule has 6 rings (SSSR count). The van der Waals surface area contributed by atoms with E-state index >= 15 is 0 Å². The molecule has 3 aromatic rings. The van der Waals surface area contributed by atoms with Crippen LogP contribution in [0.4, 0.5) is 10.6 Å². The van der Waals surface area contributed by atoms with E-state index in [0.717, 1.165) is 27.9 Å². The first kappa shape index (κ1) is 25.1. The van der Waals surface area contributed by atoms with Gasteiger partial charge in [-0.05, 0) is 51.8 Å². The number of pyridine rings is 1. The summed E-state index contributed by atoms with van der Waals surface area (Å²) < 4.78 is 7.42. The van der Waals surface area contributed by atoms with Crippen molar-refractivity contribution in [1.82, 2.24) is 29.9 Å². The fourth-order valence-electron chi connectivity index (χ4n) is 5.81. The number of ether oxygens (including phenoxy) is 1. The first-order valence-electron chi connectivity index (χ1n) is 13.3. The Hall–Kier alpha value is -4.15. The molecule has 5 heterocycles. The van der Waals surface area contributed by atoms with Gasteiger partial charge in [-0.2, -0.15) is 5.10 Å². The van der Waals surface area contributed by atoms with Crippen molar-refractivity contribution in [3.05, 3.63) is 42.1 Å². The molecule has 1 fully saturated rings. The van der Waals surface area contributed by atoms with Gasteiger partial charge in [0.2, 0.25) is 11.8 Å². The van der Waals surface area contributed by atoms with Crippen molar-refractivity contribution in [2.24, 2.45) is 0 Å². The fraction of sp³-hybridized carbons (Fsp3) is 0.464. The summed E-state index contributed by atoms with van der Waals surface area (Å²) in [6.07, 6.45) is 0.414. The fourth-order valence-corrected chi connectivity index (χ4v) is 5.81. The number of carbonyl (C=O) groups excluding carboxylic acids is 3. The Balaban J connectivity index is 1.44. The molecule has 3 aliphatic rings. The predicted octanol–water partition coefficient (Wildman–Crippen LogP) is 2.92. The van der Waals surface area contributed by atoms with E-state index in [0.29, 0.717) is 31.7 Å². The molecule has 0 aliphatic carbocycles. The van der Waals surface area contributed by atoms with Crippen molar-refractivity contribution in [2.75, 3.05) is 25.5 Å². The lowest BCUT2D eigenvalue weighted by Crippen LogP contribution is -2.48. The molecule has 11 nitrogen and oxygen atoms in total. The van der Waals surface area contributed by atoms with Crippen LogP contribution in [0.5, 0.6) is 0 Å². The van der Waals surface area contributed by atoms with Gasteiger partial charge < -0.3 is 20.3 Å². The summed E-state index contributed by atoms with van der Waals surface area (Å²) in [5.41, 5.74) is 2.73. The van der Waals surface area contributed by atoms with Crippen LogP contribution in [0.15, 0.2) is 36.4 Å². The lowest BCUT2D eigenvalue weighted by molar-refractivity contribution is -0.134. The van der Waals surface area contributed by atoms with Crippen LogP contribution in [-0.2, 0) is 20.9 Å². The molecule has 3 aliphatic heterocycles. The minimum absolute atomic E-state index is 0.118. The maximum Gasteiger partial charge on any atom is 0.411 e. The summed E-state index contributed by atoms with van der Waals surface area (Å²) in [6.45, 7) is 6.28. The predicted molar refractivity (Wildman–Crippen MR) is 145 cm³/mol. The Bertz CT molecular complexity index is 1480. The van der Waals surface area contributed by atoms with Crippen LogP contribution >= 0.6 is 0 Å². The third-order valence-electron chi connectivity index (χ3n) is 7.48. The quantitative estimate of drug-likeness (QED) is 0.457. The van der Waals surface area contributed by atoms with E-state index in [-0.39, 0.29) is 30.4 Å². The van der Waals surface area contributed by atoms with Gasteiger partial charge in [-0.1, -0.05) is 18.2 Å². The monoisotopic (exact) mass is 531 g/mol. The van der Waals surface area contributed by atoms with Crippen LogP contribution in [0, 0.1) is 0 Å². The van der Waals surface area contributed by atoms with Gasteiger partial charge in [0.15, 0.2) is 0 Å². The first-order valence-corrected chi connectivity index (χ1v) is 13.3.